The van der Waals surface area contributed by atoms with Crippen molar-refractivity contribution in [2.75, 3.05) is 11.9 Å². The number of nitrogens with zero attached hydrogens (tertiary/aromatic N) is 2. The van der Waals surface area contributed by atoms with E-state index in [-0.39, 0.29) is 6.23 Å². The van der Waals surface area contributed by atoms with Crippen LogP contribution in [0, 0.1) is 0 Å². The summed E-state index contributed by atoms with van der Waals surface area (Å²) < 4.78 is 5.48. The Morgan fingerprint density at radius 1 is 1.64 bits per heavy atom. The van der Waals surface area contributed by atoms with Crippen LogP contribution in [0.2, 0.25) is 0 Å². The lowest BCUT2D eigenvalue weighted by molar-refractivity contribution is 0.251. The van der Waals surface area contributed by atoms with E-state index in [1.54, 1.807) is 6.20 Å². The molecule has 0 fully saturated rings. The summed E-state index contributed by atoms with van der Waals surface area (Å²) in [5, 5.41) is 0. The normalized spacial score (nSPS) is 21.3. The van der Waals surface area contributed by atoms with Crippen molar-refractivity contribution in [1.29, 1.82) is 0 Å². The Labute approximate surface area is 65.6 Å². The van der Waals surface area contributed by atoms with Crippen LogP contribution in [0.15, 0.2) is 18.3 Å². The quantitative estimate of drug-likeness (QED) is 0.556. The van der Waals surface area contributed by atoms with Gasteiger partial charge in [-0.1, -0.05) is 0 Å². The standard InChI is InChI=1S/C8H10N2O/c1-6-10(2)8-7(11-6)4-3-5-9-8/h3-6H,1-2H3. The maximum Gasteiger partial charge on any atom is 0.174 e. The minimum Gasteiger partial charge on any atom is -0.467 e. The summed E-state index contributed by atoms with van der Waals surface area (Å²) in [6.45, 7) is 2.00. The number of rotatable bonds is 0. The Bertz CT molecular complexity index is 275. The van der Waals surface area contributed by atoms with Crippen molar-refractivity contribution >= 4 is 5.82 Å². The monoisotopic (exact) mass is 150 g/mol. The Hall–Kier alpha value is -1.25. The number of hydrogen-bond donors (Lipinski definition) is 0. The maximum atomic E-state index is 5.48. The fraction of sp³-hybridized carbons (Fsp3) is 0.375. The Morgan fingerprint density at radius 3 is 3.18 bits per heavy atom. The van der Waals surface area contributed by atoms with E-state index >= 15 is 0 Å². The van der Waals surface area contributed by atoms with Gasteiger partial charge in [-0.15, -0.1) is 0 Å². The first kappa shape index (κ1) is 6.46. The third-order valence-electron chi connectivity index (χ3n) is 1.93. The third kappa shape index (κ3) is 0.843. The van der Waals surface area contributed by atoms with E-state index < -0.39 is 0 Å². The van der Waals surface area contributed by atoms with Crippen LogP contribution in [0.3, 0.4) is 0 Å². The Kier molecular flexibility index (Phi) is 1.24. The molecule has 58 valence electrons. The zero-order valence-electron chi connectivity index (χ0n) is 6.61. The van der Waals surface area contributed by atoms with Gasteiger partial charge in [0.2, 0.25) is 0 Å². The lowest BCUT2D eigenvalue weighted by Gasteiger charge is -2.13. The first-order chi connectivity index (χ1) is 5.29. The van der Waals surface area contributed by atoms with Crippen LogP contribution < -0.4 is 9.64 Å². The smallest absolute Gasteiger partial charge is 0.174 e. The molecule has 2 heterocycles. The Morgan fingerprint density at radius 2 is 2.45 bits per heavy atom. The van der Waals surface area contributed by atoms with Crippen molar-refractivity contribution in [3.8, 4) is 5.75 Å². The molecule has 1 unspecified atom stereocenters. The highest BCUT2D eigenvalue weighted by molar-refractivity contribution is 5.55. The molecule has 1 atom stereocenters. The number of aromatic nitrogens is 1. The van der Waals surface area contributed by atoms with E-state index in [0.717, 1.165) is 11.6 Å². The van der Waals surface area contributed by atoms with Gasteiger partial charge in [0.25, 0.3) is 0 Å². The molecule has 0 radical (unpaired) electrons. The Balaban J connectivity index is 2.47. The number of anilines is 1. The van der Waals surface area contributed by atoms with Crippen LogP contribution in [0.4, 0.5) is 5.82 Å². The van der Waals surface area contributed by atoms with Gasteiger partial charge in [0.05, 0.1) is 0 Å². The van der Waals surface area contributed by atoms with Crippen LogP contribution in [0.5, 0.6) is 5.75 Å². The van der Waals surface area contributed by atoms with E-state index in [1.807, 2.05) is 31.0 Å². The highest BCUT2D eigenvalue weighted by Gasteiger charge is 2.24. The first-order valence-corrected chi connectivity index (χ1v) is 3.63. The average Bonchev–Trinajstić information content (AvgIpc) is 2.30. The minimum absolute atomic E-state index is 0.111. The third-order valence-corrected chi connectivity index (χ3v) is 1.93. The average molecular weight is 150 g/mol. The lowest BCUT2D eigenvalue weighted by Crippen LogP contribution is -2.27. The largest absolute Gasteiger partial charge is 0.467 e. The summed E-state index contributed by atoms with van der Waals surface area (Å²) in [5.41, 5.74) is 0. The van der Waals surface area contributed by atoms with Crippen molar-refractivity contribution in [1.82, 2.24) is 4.98 Å². The van der Waals surface area contributed by atoms with Gasteiger partial charge in [-0.05, 0) is 19.1 Å². The van der Waals surface area contributed by atoms with Crippen molar-refractivity contribution < 1.29 is 4.74 Å². The molecular formula is C8H10N2O. The molecule has 0 saturated heterocycles. The molecule has 0 aliphatic carbocycles. The zero-order valence-corrected chi connectivity index (χ0v) is 6.61. The molecule has 0 saturated carbocycles. The number of fused-ring (bicyclic) bond motifs is 1. The second-order valence-electron chi connectivity index (χ2n) is 2.65. The molecule has 1 aromatic heterocycles. The van der Waals surface area contributed by atoms with Gasteiger partial charge in [-0.3, -0.25) is 0 Å². The molecule has 1 aliphatic rings. The van der Waals surface area contributed by atoms with E-state index in [0.29, 0.717) is 0 Å². The minimum atomic E-state index is 0.111. The van der Waals surface area contributed by atoms with Gasteiger partial charge in [-0.2, -0.15) is 0 Å². The fourth-order valence-electron chi connectivity index (χ4n) is 1.17. The fourth-order valence-corrected chi connectivity index (χ4v) is 1.17. The van der Waals surface area contributed by atoms with Crippen molar-refractivity contribution in [3.63, 3.8) is 0 Å². The predicted octanol–water partition coefficient (Wildman–Crippen LogP) is 1.26. The number of ether oxygens (including phenoxy) is 1. The summed E-state index contributed by atoms with van der Waals surface area (Å²) in [6.07, 6.45) is 1.89. The van der Waals surface area contributed by atoms with E-state index in [4.69, 9.17) is 4.74 Å². The van der Waals surface area contributed by atoms with Crippen molar-refractivity contribution in [3.05, 3.63) is 18.3 Å². The second-order valence-corrected chi connectivity index (χ2v) is 2.65. The van der Waals surface area contributed by atoms with Crippen LogP contribution >= 0.6 is 0 Å². The molecule has 3 nitrogen and oxygen atoms in total. The molecule has 2 rings (SSSR count). The molecular weight excluding hydrogens is 140 g/mol. The van der Waals surface area contributed by atoms with Gasteiger partial charge in [0.1, 0.15) is 0 Å². The predicted molar refractivity (Wildman–Crippen MR) is 42.7 cm³/mol. The van der Waals surface area contributed by atoms with Crippen LogP contribution in [-0.2, 0) is 0 Å². The number of pyridine rings is 1. The molecule has 0 spiro atoms. The lowest BCUT2D eigenvalue weighted by atomic mass is 10.4. The van der Waals surface area contributed by atoms with E-state index in [2.05, 4.69) is 4.98 Å². The second kappa shape index (κ2) is 2.12. The number of hydrogen-bond acceptors (Lipinski definition) is 3. The molecule has 0 amide bonds. The molecule has 1 aromatic rings. The molecule has 0 aromatic carbocycles. The molecule has 3 heteroatoms. The summed E-state index contributed by atoms with van der Waals surface area (Å²) in [4.78, 5) is 6.20. The van der Waals surface area contributed by atoms with E-state index in [9.17, 15) is 0 Å². The summed E-state index contributed by atoms with van der Waals surface area (Å²) >= 11 is 0. The maximum absolute atomic E-state index is 5.48. The SMILES string of the molecule is CC1Oc2cccnc2N1C. The first-order valence-electron chi connectivity index (χ1n) is 3.63. The summed E-state index contributed by atoms with van der Waals surface area (Å²) in [5.74, 6) is 1.81. The van der Waals surface area contributed by atoms with E-state index in [1.165, 1.54) is 0 Å². The summed E-state index contributed by atoms with van der Waals surface area (Å²) in [7, 11) is 1.98. The van der Waals surface area contributed by atoms with Crippen molar-refractivity contribution in [2.24, 2.45) is 0 Å². The topological polar surface area (TPSA) is 25.4 Å². The van der Waals surface area contributed by atoms with Crippen LogP contribution in [0.1, 0.15) is 6.92 Å². The molecule has 0 bridgehead atoms. The highest BCUT2D eigenvalue weighted by Crippen LogP contribution is 2.32. The highest BCUT2D eigenvalue weighted by atomic mass is 16.5. The van der Waals surface area contributed by atoms with Crippen LogP contribution in [-0.4, -0.2) is 18.3 Å². The van der Waals surface area contributed by atoms with Gasteiger partial charge >= 0.3 is 0 Å². The summed E-state index contributed by atoms with van der Waals surface area (Å²) in [6, 6.07) is 3.81. The zero-order chi connectivity index (χ0) is 7.84. The van der Waals surface area contributed by atoms with Gasteiger partial charge in [-0.25, -0.2) is 4.98 Å². The van der Waals surface area contributed by atoms with Crippen LogP contribution in [0.25, 0.3) is 0 Å². The van der Waals surface area contributed by atoms with Gasteiger partial charge < -0.3 is 9.64 Å². The molecule has 1 aliphatic heterocycles. The molecule has 11 heavy (non-hydrogen) atoms. The van der Waals surface area contributed by atoms with Gasteiger partial charge in [0, 0.05) is 13.2 Å². The van der Waals surface area contributed by atoms with Gasteiger partial charge in [0.15, 0.2) is 17.8 Å². The molecule has 0 N–H and O–H groups in total. The van der Waals surface area contributed by atoms with Crippen molar-refractivity contribution in [2.45, 2.75) is 13.2 Å².